The molecule has 208 valence electrons. The van der Waals surface area contributed by atoms with Crippen LogP contribution in [0, 0.1) is 0 Å². The molecular weight excluding hydrogens is 420 g/mol. The summed E-state index contributed by atoms with van der Waals surface area (Å²) in [5, 5.41) is 0. The van der Waals surface area contributed by atoms with Crippen LogP contribution in [0.3, 0.4) is 0 Å². The number of unbranched alkanes of at least 4 members (excludes halogenated alkanes) is 26. The van der Waals surface area contributed by atoms with Crippen molar-refractivity contribution in [2.24, 2.45) is 0 Å². The molecule has 0 bridgehead atoms. The first-order chi connectivity index (χ1) is 17.4. The van der Waals surface area contributed by atoms with Gasteiger partial charge >= 0.3 is 0 Å². The maximum absolute atomic E-state index is 2.45. The van der Waals surface area contributed by atoms with Crippen molar-refractivity contribution in [1.29, 1.82) is 0 Å². The highest BCUT2D eigenvalue weighted by Gasteiger charge is 1.94. The van der Waals surface area contributed by atoms with Crippen LogP contribution in [0.5, 0.6) is 0 Å². The number of hydrogen-bond acceptors (Lipinski definition) is 0. The lowest BCUT2D eigenvalue weighted by Gasteiger charge is -2.02. The molecule has 0 heterocycles. The van der Waals surface area contributed by atoms with Gasteiger partial charge < -0.3 is 0 Å². The molecule has 0 saturated carbocycles. The van der Waals surface area contributed by atoms with E-state index >= 15 is 0 Å². The van der Waals surface area contributed by atoms with E-state index in [0.29, 0.717) is 0 Å². The molecule has 0 aromatic carbocycles. The van der Waals surface area contributed by atoms with Crippen LogP contribution in [-0.4, -0.2) is 0 Å². The number of rotatable bonds is 30. The summed E-state index contributed by atoms with van der Waals surface area (Å²) in [6.45, 7) is 4.59. The van der Waals surface area contributed by atoms with E-state index in [9.17, 15) is 0 Å². The Morgan fingerprint density at radius 2 is 0.400 bits per heavy atom. The minimum Gasteiger partial charge on any atom is -0.0885 e. The third-order valence-electron chi connectivity index (χ3n) is 7.52. The Balaban J connectivity index is 3.10. The van der Waals surface area contributed by atoms with Crippen LogP contribution in [-0.2, 0) is 0 Å². The van der Waals surface area contributed by atoms with Crippen molar-refractivity contribution < 1.29 is 0 Å². The molecule has 0 aliphatic heterocycles. The summed E-state index contributed by atoms with van der Waals surface area (Å²) < 4.78 is 0. The second-order valence-corrected chi connectivity index (χ2v) is 11.2. The van der Waals surface area contributed by atoms with Gasteiger partial charge in [-0.3, -0.25) is 0 Å². The SMILES string of the molecule is CCCCCCCC/C=C/CCCCCCCCCCCCCC/C=C/CCCCCCCCC. The van der Waals surface area contributed by atoms with Gasteiger partial charge in [-0.25, -0.2) is 0 Å². The molecule has 0 aliphatic carbocycles. The lowest BCUT2D eigenvalue weighted by Crippen LogP contribution is -1.83. The predicted octanol–water partition coefficient (Wildman–Crippen LogP) is 13.5. The zero-order valence-electron chi connectivity index (χ0n) is 24.8. The molecule has 0 fully saturated rings. The van der Waals surface area contributed by atoms with Gasteiger partial charge in [0.2, 0.25) is 0 Å². The summed E-state index contributed by atoms with van der Waals surface area (Å²) in [7, 11) is 0. The van der Waals surface area contributed by atoms with Crippen molar-refractivity contribution in [3.63, 3.8) is 0 Å². The summed E-state index contributed by atoms with van der Waals surface area (Å²) in [6.07, 6.45) is 50.9. The van der Waals surface area contributed by atoms with E-state index in [0.717, 1.165) is 0 Å². The molecule has 0 radical (unpaired) electrons. The normalized spacial score (nSPS) is 11.9. The molecule has 0 nitrogen and oxygen atoms in total. The largest absolute Gasteiger partial charge is 0.0885 e. The van der Waals surface area contributed by atoms with Crippen LogP contribution in [0.15, 0.2) is 24.3 Å². The molecule has 0 aromatic rings. The standard InChI is InChI=1S/C35H68/c1-3-5-7-9-11-13-15-17-19-21-23-25-27-29-31-33-35-34-32-30-28-26-24-22-20-18-16-14-12-10-8-6-4-2/h17,19-20,22H,3-16,18,21,23-35H2,1-2H3/b19-17+,22-20+. The summed E-state index contributed by atoms with van der Waals surface area (Å²) in [5.74, 6) is 0. The van der Waals surface area contributed by atoms with Gasteiger partial charge in [0.1, 0.15) is 0 Å². The van der Waals surface area contributed by atoms with Crippen molar-refractivity contribution in [1.82, 2.24) is 0 Å². The zero-order chi connectivity index (χ0) is 25.3. The van der Waals surface area contributed by atoms with Crippen LogP contribution in [0.25, 0.3) is 0 Å². The lowest BCUT2D eigenvalue weighted by atomic mass is 10.0. The quantitative estimate of drug-likeness (QED) is 0.0696. The average Bonchev–Trinajstić information content (AvgIpc) is 2.87. The molecule has 0 heteroatoms. The third-order valence-corrected chi connectivity index (χ3v) is 7.52. The Labute approximate surface area is 224 Å². The molecule has 0 N–H and O–H groups in total. The highest BCUT2D eigenvalue weighted by atomic mass is 14.0. The summed E-state index contributed by atoms with van der Waals surface area (Å²) >= 11 is 0. The molecule has 0 unspecified atom stereocenters. The fourth-order valence-corrected chi connectivity index (χ4v) is 5.03. The Morgan fingerprint density at radius 3 is 0.600 bits per heavy atom. The van der Waals surface area contributed by atoms with E-state index in [2.05, 4.69) is 38.2 Å². The first-order valence-electron chi connectivity index (χ1n) is 16.7. The van der Waals surface area contributed by atoms with Crippen molar-refractivity contribution in [3.8, 4) is 0 Å². The Bertz CT molecular complexity index is 404. The minimum atomic E-state index is 1.31. The van der Waals surface area contributed by atoms with Gasteiger partial charge in [-0.1, -0.05) is 173 Å². The van der Waals surface area contributed by atoms with E-state index < -0.39 is 0 Å². The van der Waals surface area contributed by atoms with Crippen molar-refractivity contribution in [2.45, 2.75) is 200 Å². The van der Waals surface area contributed by atoms with E-state index in [4.69, 9.17) is 0 Å². The van der Waals surface area contributed by atoms with Gasteiger partial charge in [0.15, 0.2) is 0 Å². The van der Waals surface area contributed by atoms with Crippen molar-refractivity contribution in [2.75, 3.05) is 0 Å². The van der Waals surface area contributed by atoms with E-state index in [-0.39, 0.29) is 0 Å². The summed E-state index contributed by atoms with van der Waals surface area (Å²) in [6, 6.07) is 0. The minimum absolute atomic E-state index is 1.31. The smallest absolute Gasteiger partial charge is 0.0351 e. The van der Waals surface area contributed by atoms with Crippen LogP contribution in [0.2, 0.25) is 0 Å². The molecule has 0 spiro atoms. The van der Waals surface area contributed by atoms with Crippen LogP contribution >= 0.6 is 0 Å². The van der Waals surface area contributed by atoms with Crippen molar-refractivity contribution in [3.05, 3.63) is 24.3 Å². The Morgan fingerprint density at radius 1 is 0.229 bits per heavy atom. The Kier molecular flexibility index (Phi) is 33.0. The van der Waals surface area contributed by atoms with Gasteiger partial charge in [-0.2, -0.15) is 0 Å². The monoisotopic (exact) mass is 489 g/mol. The van der Waals surface area contributed by atoms with Crippen LogP contribution < -0.4 is 0 Å². The number of hydrogen-bond donors (Lipinski definition) is 0. The third kappa shape index (κ3) is 33.5. The van der Waals surface area contributed by atoms with Crippen molar-refractivity contribution >= 4 is 0 Å². The van der Waals surface area contributed by atoms with Gasteiger partial charge in [0.25, 0.3) is 0 Å². The lowest BCUT2D eigenvalue weighted by molar-refractivity contribution is 0.542. The Hall–Kier alpha value is -0.520. The first kappa shape index (κ1) is 34.5. The fraction of sp³-hybridized carbons (Fsp3) is 0.886. The van der Waals surface area contributed by atoms with Gasteiger partial charge in [0.05, 0.1) is 0 Å². The maximum atomic E-state index is 2.45. The summed E-state index contributed by atoms with van der Waals surface area (Å²) in [5.41, 5.74) is 0. The molecule has 0 amide bonds. The average molecular weight is 489 g/mol. The molecule has 0 atom stereocenters. The van der Waals surface area contributed by atoms with Gasteiger partial charge in [-0.15, -0.1) is 0 Å². The van der Waals surface area contributed by atoms with Gasteiger partial charge in [-0.05, 0) is 51.4 Å². The highest BCUT2D eigenvalue weighted by molar-refractivity contribution is 4.82. The molecule has 0 aromatic heterocycles. The first-order valence-corrected chi connectivity index (χ1v) is 16.7. The molecule has 35 heavy (non-hydrogen) atoms. The second kappa shape index (κ2) is 33.5. The van der Waals surface area contributed by atoms with E-state index in [1.54, 1.807) is 0 Å². The second-order valence-electron chi connectivity index (χ2n) is 11.2. The topological polar surface area (TPSA) is 0 Å². The van der Waals surface area contributed by atoms with Crippen LogP contribution in [0.4, 0.5) is 0 Å². The number of allylic oxidation sites excluding steroid dienone is 4. The highest BCUT2D eigenvalue weighted by Crippen LogP contribution is 2.14. The predicted molar refractivity (Wildman–Crippen MR) is 164 cm³/mol. The molecular formula is C35H68. The zero-order valence-corrected chi connectivity index (χ0v) is 24.8. The molecule has 0 rings (SSSR count). The maximum Gasteiger partial charge on any atom is -0.0351 e. The van der Waals surface area contributed by atoms with E-state index in [1.807, 2.05) is 0 Å². The fourth-order valence-electron chi connectivity index (χ4n) is 5.03. The summed E-state index contributed by atoms with van der Waals surface area (Å²) in [4.78, 5) is 0. The van der Waals surface area contributed by atoms with Crippen LogP contribution in [0.1, 0.15) is 200 Å². The van der Waals surface area contributed by atoms with E-state index in [1.165, 1.54) is 186 Å². The molecule has 0 saturated heterocycles. The van der Waals surface area contributed by atoms with Gasteiger partial charge in [0, 0.05) is 0 Å². The molecule has 0 aliphatic rings.